The fraction of sp³-hybridized carbons (Fsp3) is 0.500. The maximum Gasteiger partial charge on any atom is 0.423 e. The standard InChI is InChI=1S/C14H16F3N3O4/c1-8(21)9-4-5-19(7-9)13(22)18-10-2-3-12(20(23)24)11(6-10)14(15,16)17/h2-3,6,8-9,21H,4-5,7H2,1H3,(H,18,22)/t8-,9-/m1/s1. The molecule has 2 amide bonds. The van der Waals surface area contributed by atoms with Crippen molar-refractivity contribution in [3.63, 3.8) is 0 Å². The zero-order valence-electron chi connectivity index (χ0n) is 12.7. The number of hydrogen-bond acceptors (Lipinski definition) is 4. The van der Waals surface area contributed by atoms with Crippen LogP contribution >= 0.6 is 0 Å². The quantitative estimate of drug-likeness (QED) is 0.649. The van der Waals surface area contributed by atoms with Gasteiger partial charge in [0.15, 0.2) is 0 Å². The molecule has 1 aromatic carbocycles. The first-order valence-corrected chi connectivity index (χ1v) is 7.19. The van der Waals surface area contributed by atoms with Gasteiger partial charge in [-0.15, -0.1) is 0 Å². The Kier molecular flexibility index (Phi) is 4.97. The van der Waals surface area contributed by atoms with Crippen LogP contribution < -0.4 is 5.32 Å². The number of amides is 2. The normalized spacial score (nSPS) is 19.2. The highest BCUT2D eigenvalue weighted by Gasteiger charge is 2.38. The van der Waals surface area contributed by atoms with Crippen LogP contribution in [-0.4, -0.2) is 40.2 Å². The summed E-state index contributed by atoms with van der Waals surface area (Å²) >= 11 is 0. The Morgan fingerprint density at radius 2 is 2.17 bits per heavy atom. The molecule has 1 aliphatic heterocycles. The molecular formula is C14H16F3N3O4. The average Bonchev–Trinajstić information content (AvgIpc) is 2.96. The fourth-order valence-electron chi connectivity index (χ4n) is 2.57. The van der Waals surface area contributed by atoms with Gasteiger partial charge in [0, 0.05) is 30.8 Å². The molecule has 1 fully saturated rings. The van der Waals surface area contributed by atoms with Gasteiger partial charge < -0.3 is 15.3 Å². The zero-order chi connectivity index (χ0) is 18.1. The molecule has 24 heavy (non-hydrogen) atoms. The number of halogens is 3. The molecule has 0 aromatic heterocycles. The third kappa shape index (κ3) is 3.94. The number of urea groups is 1. The minimum absolute atomic E-state index is 0.0849. The van der Waals surface area contributed by atoms with Crippen LogP contribution in [-0.2, 0) is 6.18 Å². The van der Waals surface area contributed by atoms with Crippen molar-refractivity contribution in [1.29, 1.82) is 0 Å². The first-order chi connectivity index (χ1) is 11.1. The summed E-state index contributed by atoms with van der Waals surface area (Å²) in [5, 5.41) is 22.5. The van der Waals surface area contributed by atoms with E-state index in [4.69, 9.17) is 0 Å². The Morgan fingerprint density at radius 3 is 2.67 bits per heavy atom. The lowest BCUT2D eigenvalue weighted by atomic mass is 10.0. The number of hydrogen-bond donors (Lipinski definition) is 2. The Hall–Kier alpha value is -2.36. The van der Waals surface area contributed by atoms with Gasteiger partial charge in [-0.25, -0.2) is 4.79 Å². The van der Waals surface area contributed by atoms with Gasteiger partial charge in [0.2, 0.25) is 0 Å². The highest BCUT2D eigenvalue weighted by molar-refractivity contribution is 5.89. The number of aliphatic hydroxyl groups excluding tert-OH is 1. The maximum absolute atomic E-state index is 12.9. The Balaban J connectivity index is 2.16. The molecule has 0 spiro atoms. The molecule has 10 heteroatoms. The molecule has 0 radical (unpaired) electrons. The Morgan fingerprint density at radius 1 is 1.50 bits per heavy atom. The van der Waals surface area contributed by atoms with E-state index in [9.17, 15) is 33.2 Å². The number of nitrogens with zero attached hydrogens (tertiary/aromatic N) is 2. The molecule has 0 unspecified atom stereocenters. The van der Waals surface area contributed by atoms with Crippen molar-refractivity contribution < 1.29 is 28.0 Å². The Bertz CT molecular complexity index is 649. The Labute approximate surface area is 135 Å². The van der Waals surface area contributed by atoms with E-state index >= 15 is 0 Å². The van der Waals surface area contributed by atoms with Gasteiger partial charge in [0.25, 0.3) is 5.69 Å². The summed E-state index contributed by atoms with van der Waals surface area (Å²) in [4.78, 5) is 23.0. The van der Waals surface area contributed by atoms with Crippen molar-refractivity contribution in [2.75, 3.05) is 18.4 Å². The van der Waals surface area contributed by atoms with Crippen LogP contribution in [0.5, 0.6) is 0 Å². The van der Waals surface area contributed by atoms with Gasteiger partial charge in [0.05, 0.1) is 11.0 Å². The van der Waals surface area contributed by atoms with Crippen LogP contribution in [0.25, 0.3) is 0 Å². The first-order valence-electron chi connectivity index (χ1n) is 7.19. The monoisotopic (exact) mass is 347 g/mol. The number of carbonyl (C=O) groups is 1. The molecule has 7 nitrogen and oxygen atoms in total. The van der Waals surface area contributed by atoms with E-state index in [0.717, 1.165) is 6.07 Å². The molecule has 0 bridgehead atoms. The van der Waals surface area contributed by atoms with Crippen molar-refractivity contribution in [3.8, 4) is 0 Å². The number of likely N-dealkylation sites (tertiary alicyclic amines) is 1. The van der Waals surface area contributed by atoms with E-state index in [1.165, 1.54) is 4.90 Å². The third-order valence-corrected chi connectivity index (χ3v) is 3.94. The second-order valence-corrected chi connectivity index (χ2v) is 5.65. The number of nitro benzene ring substituents is 1. The van der Waals surface area contributed by atoms with Crippen molar-refractivity contribution in [2.24, 2.45) is 5.92 Å². The van der Waals surface area contributed by atoms with Crippen molar-refractivity contribution >= 4 is 17.4 Å². The third-order valence-electron chi connectivity index (χ3n) is 3.94. The summed E-state index contributed by atoms with van der Waals surface area (Å²) in [6, 6.07) is 1.69. The molecule has 1 saturated heterocycles. The van der Waals surface area contributed by atoms with E-state index in [1.807, 2.05) is 0 Å². The van der Waals surface area contributed by atoms with Gasteiger partial charge in [-0.1, -0.05) is 0 Å². The molecule has 2 N–H and O–H groups in total. The first kappa shape index (κ1) is 18.0. The molecule has 2 atom stereocenters. The van der Waals surface area contributed by atoms with Gasteiger partial charge in [-0.05, 0) is 25.5 Å². The second kappa shape index (κ2) is 6.63. The summed E-state index contributed by atoms with van der Waals surface area (Å²) in [5.74, 6) is -0.0849. The van der Waals surface area contributed by atoms with Crippen molar-refractivity contribution in [2.45, 2.75) is 25.6 Å². The van der Waals surface area contributed by atoms with Gasteiger partial charge >= 0.3 is 12.2 Å². The molecule has 2 rings (SSSR count). The number of anilines is 1. The van der Waals surface area contributed by atoms with Crippen LogP contribution in [0.1, 0.15) is 18.9 Å². The predicted octanol–water partition coefficient (Wildman–Crippen LogP) is 2.85. The minimum Gasteiger partial charge on any atom is -0.393 e. The summed E-state index contributed by atoms with van der Waals surface area (Å²) in [6.07, 6.45) is -4.90. The average molecular weight is 347 g/mol. The number of rotatable bonds is 3. The van der Waals surface area contributed by atoms with Gasteiger partial charge in [-0.3, -0.25) is 10.1 Å². The highest BCUT2D eigenvalue weighted by atomic mass is 19.4. The summed E-state index contributed by atoms with van der Waals surface area (Å²) < 4.78 is 38.7. The lowest BCUT2D eigenvalue weighted by Crippen LogP contribution is -2.34. The summed E-state index contributed by atoms with van der Waals surface area (Å²) in [6.45, 7) is 2.28. The van der Waals surface area contributed by atoms with Crippen LogP contribution in [0.15, 0.2) is 18.2 Å². The van der Waals surface area contributed by atoms with Crippen molar-refractivity contribution in [1.82, 2.24) is 4.90 Å². The summed E-state index contributed by atoms with van der Waals surface area (Å²) in [7, 11) is 0. The SMILES string of the molecule is C[C@@H](O)[C@@H]1CCN(C(=O)Nc2ccc([N+](=O)[O-])c(C(F)(F)F)c2)C1. The molecule has 132 valence electrons. The van der Waals surface area contributed by atoms with Gasteiger partial charge in [-0.2, -0.15) is 13.2 Å². The maximum atomic E-state index is 12.9. The summed E-state index contributed by atoms with van der Waals surface area (Å²) in [5.41, 5.74) is -2.68. The highest BCUT2D eigenvalue weighted by Crippen LogP contribution is 2.37. The number of nitrogens with one attached hydrogen (secondary N) is 1. The molecule has 0 aliphatic carbocycles. The largest absolute Gasteiger partial charge is 0.423 e. The van der Waals surface area contributed by atoms with Crippen LogP contribution in [0.2, 0.25) is 0 Å². The van der Waals surface area contributed by atoms with E-state index in [2.05, 4.69) is 5.32 Å². The smallest absolute Gasteiger partial charge is 0.393 e. The molecule has 1 heterocycles. The lowest BCUT2D eigenvalue weighted by Gasteiger charge is -2.19. The molecular weight excluding hydrogens is 331 g/mol. The molecule has 1 aliphatic rings. The van der Waals surface area contributed by atoms with Crippen molar-refractivity contribution in [3.05, 3.63) is 33.9 Å². The number of benzene rings is 1. The van der Waals surface area contributed by atoms with E-state index in [0.29, 0.717) is 31.6 Å². The molecule has 1 aromatic rings. The van der Waals surface area contributed by atoms with Crippen LogP contribution in [0.4, 0.5) is 29.3 Å². The van der Waals surface area contributed by atoms with Crippen LogP contribution in [0, 0.1) is 16.0 Å². The van der Waals surface area contributed by atoms with Gasteiger partial charge in [0.1, 0.15) is 5.56 Å². The van der Waals surface area contributed by atoms with E-state index < -0.39 is 34.5 Å². The fourth-order valence-corrected chi connectivity index (χ4v) is 2.57. The number of aliphatic hydroxyl groups is 1. The lowest BCUT2D eigenvalue weighted by molar-refractivity contribution is -0.388. The topological polar surface area (TPSA) is 95.7 Å². The van der Waals surface area contributed by atoms with E-state index in [1.54, 1.807) is 6.92 Å². The molecule has 0 saturated carbocycles. The number of alkyl halides is 3. The number of nitro groups is 1. The van der Waals surface area contributed by atoms with Crippen LogP contribution in [0.3, 0.4) is 0 Å². The second-order valence-electron chi connectivity index (χ2n) is 5.65. The van der Waals surface area contributed by atoms with E-state index in [-0.39, 0.29) is 11.6 Å². The zero-order valence-corrected chi connectivity index (χ0v) is 12.7. The minimum atomic E-state index is -4.91. The number of carbonyl (C=O) groups excluding carboxylic acids is 1. The predicted molar refractivity (Wildman–Crippen MR) is 78.5 cm³/mol.